The van der Waals surface area contributed by atoms with E-state index >= 15 is 0 Å². The van der Waals surface area contributed by atoms with E-state index in [-0.39, 0.29) is 22.8 Å². The first-order valence-electron chi connectivity index (χ1n) is 5.14. The molecule has 2 aromatic rings. The van der Waals surface area contributed by atoms with Gasteiger partial charge >= 0.3 is 12.1 Å². The number of anilines is 1. The van der Waals surface area contributed by atoms with Crippen LogP contribution in [0.4, 0.5) is 19.1 Å². The number of nitrogens with zero attached hydrogens (tertiary/aromatic N) is 3. The van der Waals surface area contributed by atoms with Gasteiger partial charge in [-0.1, -0.05) is 0 Å². The molecular formula is C9H7F3N6O2. The zero-order valence-corrected chi connectivity index (χ0v) is 9.65. The highest BCUT2D eigenvalue weighted by molar-refractivity contribution is 5.81. The fourth-order valence-electron chi connectivity index (χ4n) is 1.33. The summed E-state index contributed by atoms with van der Waals surface area (Å²) in [5.74, 6) is -2.27. The van der Waals surface area contributed by atoms with Gasteiger partial charge in [-0.25, -0.2) is 9.97 Å². The molecule has 8 nitrogen and oxygen atoms in total. The maximum atomic E-state index is 12.0. The van der Waals surface area contributed by atoms with E-state index in [4.69, 9.17) is 5.73 Å². The van der Waals surface area contributed by atoms with Crippen LogP contribution in [0.15, 0.2) is 11.0 Å². The summed E-state index contributed by atoms with van der Waals surface area (Å²) in [5.41, 5.74) is 4.37. The number of carbonyl (C=O) groups is 1. The average molecular weight is 288 g/mol. The van der Waals surface area contributed by atoms with E-state index < -0.39 is 24.2 Å². The Morgan fingerprint density at radius 2 is 2.10 bits per heavy atom. The highest BCUT2D eigenvalue weighted by Gasteiger charge is 2.38. The Kier molecular flexibility index (Phi) is 3.26. The summed E-state index contributed by atoms with van der Waals surface area (Å²) < 4.78 is 36.0. The highest BCUT2D eigenvalue weighted by atomic mass is 19.4. The lowest BCUT2D eigenvalue weighted by atomic mass is 10.4. The van der Waals surface area contributed by atoms with Crippen LogP contribution < -0.4 is 16.6 Å². The van der Waals surface area contributed by atoms with Gasteiger partial charge in [0.2, 0.25) is 5.95 Å². The molecule has 2 aromatic heterocycles. The number of hydrogen-bond acceptors (Lipinski definition) is 6. The SMILES string of the molecule is Nc1nc2ncc(CNC(=O)C(F)(F)F)nc2c(=O)[nH]1. The van der Waals surface area contributed by atoms with Crippen molar-refractivity contribution < 1.29 is 18.0 Å². The number of nitrogens with two attached hydrogens (primary N) is 1. The number of H-pyrrole nitrogens is 1. The molecule has 0 saturated carbocycles. The third-order valence-corrected chi connectivity index (χ3v) is 2.17. The van der Waals surface area contributed by atoms with Gasteiger partial charge in [-0.15, -0.1) is 0 Å². The first kappa shape index (κ1) is 13.7. The van der Waals surface area contributed by atoms with Gasteiger partial charge in [0.05, 0.1) is 18.4 Å². The topological polar surface area (TPSA) is 127 Å². The molecule has 0 spiro atoms. The van der Waals surface area contributed by atoms with Crippen LogP contribution in [-0.2, 0) is 11.3 Å². The number of aromatic nitrogens is 4. The third kappa shape index (κ3) is 2.81. The summed E-state index contributed by atoms with van der Waals surface area (Å²) in [5, 5.41) is 1.61. The molecule has 1 amide bonds. The number of aromatic amines is 1. The fraction of sp³-hybridized carbons (Fsp3) is 0.222. The fourth-order valence-corrected chi connectivity index (χ4v) is 1.33. The molecule has 4 N–H and O–H groups in total. The summed E-state index contributed by atoms with van der Waals surface area (Å²) in [4.78, 5) is 35.5. The average Bonchev–Trinajstić information content (AvgIpc) is 2.34. The number of halogens is 3. The van der Waals surface area contributed by atoms with Crippen molar-refractivity contribution >= 4 is 23.0 Å². The smallest absolute Gasteiger partial charge is 0.369 e. The first-order chi connectivity index (χ1) is 9.27. The Bertz CT molecular complexity index is 726. The normalized spacial score (nSPS) is 11.6. The van der Waals surface area contributed by atoms with Gasteiger partial charge in [0.25, 0.3) is 5.56 Å². The monoisotopic (exact) mass is 288 g/mol. The molecule has 20 heavy (non-hydrogen) atoms. The molecule has 0 aromatic carbocycles. The van der Waals surface area contributed by atoms with Crippen LogP contribution in [-0.4, -0.2) is 32.0 Å². The standard InChI is InChI=1S/C9H7F3N6O2/c10-9(11,12)7(20)15-2-3-1-14-5-4(16-3)6(19)18-8(13)17-5/h1H,2H2,(H,15,20)(H3,13,14,17,18,19). The van der Waals surface area contributed by atoms with Crippen LogP contribution in [0.3, 0.4) is 0 Å². The van der Waals surface area contributed by atoms with Gasteiger partial charge in [-0.3, -0.25) is 14.6 Å². The van der Waals surface area contributed by atoms with Gasteiger partial charge in [-0.2, -0.15) is 18.2 Å². The summed E-state index contributed by atoms with van der Waals surface area (Å²) in [6.45, 7) is -0.523. The van der Waals surface area contributed by atoms with Gasteiger partial charge in [-0.05, 0) is 0 Å². The lowest BCUT2D eigenvalue weighted by molar-refractivity contribution is -0.173. The lowest BCUT2D eigenvalue weighted by Crippen LogP contribution is -2.36. The van der Waals surface area contributed by atoms with E-state index in [1.54, 1.807) is 5.32 Å². The molecule has 0 atom stereocenters. The van der Waals surface area contributed by atoms with Crippen molar-refractivity contribution in [1.29, 1.82) is 0 Å². The number of fused-ring (bicyclic) bond motifs is 1. The second-order valence-corrected chi connectivity index (χ2v) is 3.67. The minimum atomic E-state index is -4.99. The Morgan fingerprint density at radius 3 is 2.75 bits per heavy atom. The summed E-state index contributed by atoms with van der Waals surface area (Å²) in [6, 6.07) is 0. The number of nitrogen functional groups attached to an aromatic ring is 1. The van der Waals surface area contributed by atoms with Crippen molar-refractivity contribution in [3.8, 4) is 0 Å². The molecule has 0 fully saturated rings. The van der Waals surface area contributed by atoms with E-state index in [2.05, 4.69) is 19.9 Å². The molecule has 0 aliphatic heterocycles. The van der Waals surface area contributed by atoms with Crippen LogP contribution in [0.25, 0.3) is 11.2 Å². The van der Waals surface area contributed by atoms with Crippen LogP contribution in [0.1, 0.15) is 5.69 Å². The molecule has 0 bridgehead atoms. The first-order valence-corrected chi connectivity index (χ1v) is 5.14. The van der Waals surface area contributed by atoms with E-state index in [0.717, 1.165) is 6.20 Å². The molecular weight excluding hydrogens is 281 g/mol. The molecule has 0 aliphatic rings. The summed E-state index contributed by atoms with van der Waals surface area (Å²) in [6.07, 6.45) is -3.90. The maximum Gasteiger partial charge on any atom is 0.471 e. The van der Waals surface area contributed by atoms with Crippen molar-refractivity contribution in [3.05, 3.63) is 22.2 Å². The minimum Gasteiger partial charge on any atom is -0.369 e. The molecule has 0 aliphatic carbocycles. The molecule has 2 rings (SSSR count). The maximum absolute atomic E-state index is 12.0. The van der Waals surface area contributed by atoms with Crippen LogP contribution in [0.5, 0.6) is 0 Å². The number of nitrogens with one attached hydrogen (secondary N) is 2. The van der Waals surface area contributed by atoms with Crippen molar-refractivity contribution in [2.24, 2.45) is 0 Å². The Balaban J connectivity index is 2.25. The summed E-state index contributed by atoms with van der Waals surface area (Å²) >= 11 is 0. The van der Waals surface area contributed by atoms with Crippen molar-refractivity contribution in [1.82, 2.24) is 25.3 Å². The Labute approximate surface area is 108 Å². The zero-order valence-electron chi connectivity index (χ0n) is 9.65. The van der Waals surface area contributed by atoms with E-state index in [1.165, 1.54) is 0 Å². The summed E-state index contributed by atoms with van der Waals surface area (Å²) in [7, 11) is 0. The van der Waals surface area contributed by atoms with Crippen LogP contribution >= 0.6 is 0 Å². The lowest BCUT2D eigenvalue weighted by Gasteiger charge is -2.07. The number of carbonyl (C=O) groups excluding carboxylic acids is 1. The number of hydrogen-bond donors (Lipinski definition) is 3. The largest absolute Gasteiger partial charge is 0.471 e. The van der Waals surface area contributed by atoms with Gasteiger partial charge in [0.15, 0.2) is 11.2 Å². The van der Waals surface area contributed by atoms with Crippen molar-refractivity contribution in [2.75, 3.05) is 5.73 Å². The van der Waals surface area contributed by atoms with Crippen molar-refractivity contribution in [3.63, 3.8) is 0 Å². The predicted molar refractivity (Wildman–Crippen MR) is 60.3 cm³/mol. The Morgan fingerprint density at radius 1 is 1.40 bits per heavy atom. The minimum absolute atomic E-state index is 0.0211. The van der Waals surface area contributed by atoms with Crippen LogP contribution in [0.2, 0.25) is 0 Å². The quantitative estimate of drug-likeness (QED) is 0.682. The highest BCUT2D eigenvalue weighted by Crippen LogP contribution is 2.14. The predicted octanol–water partition coefficient (Wildman–Crippen LogP) is -0.526. The van der Waals surface area contributed by atoms with E-state index in [1.807, 2.05) is 0 Å². The second-order valence-electron chi connectivity index (χ2n) is 3.67. The van der Waals surface area contributed by atoms with Gasteiger partial charge in [0.1, 0.15) is 0 Å². The number of rotatable bonds is 2. The second kappa shape index (κ2) is 4.75. The third-order valence-electron chi connectivity index (χ3n) is 2.17. The molecule has 2 heterocycles. The molecule has 106 valence electrons. The molecule has 0 saturated heterocycles. The van der Waals surface area contributed by atoms with E-state index in [9.17, 15) is 22.8 Å². The Hall–Kier alpha value is -2.72. The van der Waals surface area contributed by atoms with Crippen molar-refractivity contribution in [2.45, 2.75) is 12.7 Å². The van der Waals surface area contributed by atoms with Gasteiger partial charge in [0, 0.05) is 0 Å². The molecule has 0 radical (unpaired) electrons. The zero-order chi connectivity index (χ0) is 14.9. The van der Waals surface area contributed by atoms with Gasteiger partial charge < -0.3 is 11.1 Å². The number of alkyl halides is 3. The number of amides is 1. The molecule has 0 unspecified atom stereocenters. The van der Waals surface area contributed by atoms with Crippen LogP contribution in [0, 0.1) is 0 Å². The molecule has 11 heteroatoms. The van der Waals surface area contributed by atoms with E-state index in [0.29, 0.717) is 0 Å².